The predicted molar refractivity (Wildman–Crippen MR) is 52.6 cm³/mol. The van der Waals surface area contributed by atoms with Gasteiger partial charge in [-0.25, -0.2) is 0 Å². The first-order valence-corrected chi connectivity index (χ1v) is 4.66. The van der Waals surface area contributed by atoms with E-state index in [1.54, 1.807) is 4.90 Å². The van der Waals surface area contributed by atoms with E-state index < -0.39 is 5.41 Å². The Kier molecular flexibility index (Phi) is 4.85. The lowest BCUT2D eigenvalue weighted by Crippen LogP contribution is -2.46. The van der Waals surface area contributed by atoms with Crippen LogP contribution in [0.4, 0.5) is 0 Å². The summed E-state index contributed by atoms with van der Waals surface area (Å²) in [6, 6.07) is -0.306. The molecule has 0 amide bonds. The summed E-state index contributed by atoms with van der Waals surface area (Å²) < 4.78 is 0. The van der Waals surface area contributed by atoms with E-state index in [0.29, 0.717) is 12.8 Å². The number of nitrogens with zero attached hydrogens (tertiary/aromatic N) is 1. The van der Waals surface area contributed by atoms with Gasteiger partial charge >= 0.3 is 0 Å². The van der Waals surface area contributed by atoms with E-state index in [9.17, 15) is 9.59 Å². The molecule has 3 heteroatoms. The van der Waals surface area contributed by atoms with Gasteiger partial charge in [0, 0.05) is 5.41 Å². The Morgan fingerprint density at radius 1 is 1.23 bits per heavy atom. The summed E-state index contributed by atoms with van der Waals surface area (Å²) in [7, 11) is 3.64. The van der Waals surface area contributed by atoms with Crippen LogP contribution in [0.25, 0.3) is 0 Å². The van der Waals surface area contributed by atoms with Crippen LogP contribution in [0.5, 0.6) is 0 Å². The maximum Gasteiger partial charge on any atom is 0.138 e. The van der Waals surface area contributed by atoms with Gasteiger partial charge in [-0.15, -0.1) is 0 Å². The van der Waals surface area contributed by atoms with Gasteiger partial charge in [-0.05, 0) is 26.9 Å². The highest BCUT2D eigenvalue weighted by Gasteiger charge is 2.36. The SMILES string of the molecule is CCC(C=O)(CC)C(C=O)N(C)C. The highest BCUT2D eigenvalue weighted by atomic mass is 16.1. The van der Waals surface area contributed by atoms with Crippen LogP contribution in [0, 0.1) is 5.41 Å². The first-order chi connectivity index (χ1) is 6.07. The molecule has 0 rings (SSSR count). The Morgan fingerprint density at radius 2 is 1.69 bits per heavy atom. The van der Waals surface area contributed by atoms with E-state index in [0.717, 1.165) is 12.6 Å². The highest BCUT2D eigenvalue weighted by molar-refractivity contribution is 5.71. The molecule has 3 nitrogen and oxygen atoms in total. The van der Waals surface area contributed by atoms with Gasteiger partial charge in [0.05, 0.1) is 6.04 Å². The molecule has 0 aliphatic carbocycles. The van der Waals surface area contributed by atoms with Gasteiger partial charge in [-0.1, -0.05) is 13.8 Å². The number of carbonyl (C=O) groups is 2. The number of hydrogen-bond acceptors (Lipinski definition) is 3. The molecule has 1 unspecified atom stereocenters. The Balaban J connectivity index is 4.86. The van der Waals surface area contributed by atoms with Crippen LogP contribution in [0.1, 0.15) is 26.7 Å². The summed E-state index contributed by atoms with van der Waals surface area (Å²) in [6.07, 6.45) is 3.19. The zero-order valence-electron chi connectivity index (χ0n) is 8.91. The molecule has 0 aliphatic heterocycles. The van der Waals surface area contributed by atoms with Crippen molar-refractivity contribution in [3.8, 4) is 0 Å². The fraction of sp³-hybridized carbons (Fsp3) is 0.800. The number of carbonyl (C=O) groups excluding carboxylic acids is 2. The minimum Gasteiger partial charge on any atom is -0.303 e. The molecule has 13 heavy (non-hydrogen) atoms. The van der Waals surface area contributed by atoms with Crippen molar-refractivity contribution in [2.75, 3.05) is 14.1 Å². The first kappa shape index (κ1) is 12.3. The maximum absolute atomic E-state index is 11.0. The second-order valence-corrected chi connectivity index (χ2v) is 3.60. The first-order valence-electron chi connectivity index (χ1n) is 4.66. The lowest BCUT2D eigenvalue weighted by Gasteiger charge is -2.35. The summed E-state index contributed by atoms with van der Waals surface area (Å²) in [4.78, 5) is 23.7. The molecule has 0 aromatic heterocycles. The summed E-state index contributed by atoms with van der Waals surface area (Å²) in [6.45, 7) is 3.88. The van der Waals surface area contributed by atoms with E-state index in [1.807, 2.05) is 27.9 Å². The van der Waals surface area contributed by atoms with Crippen molar-refractivity contribution in [2.45, 2.75) is 32.7 Å². The number of hydrogen-bond donors (Lipinski definition) is 0. The maximum atomic E-state index is 11.0. The second-order valence-electron chi connectivity index (χ2n) is 3.60. The van der Waals surface area contributed by atoms with Crippen LogP contribution in [-0.2, 0) is 9.59 Å². The van der Waals surface area contributed by atoms with Crippen molar-refractivity contribution in [1.29, 1.82) is 0 Å². The third-order valence-electron chi connectivity index (χ3n) is 2.83. The quantitative estimate of drug-likeness (QED) is 0.582. The minimum absolute atomic E-state index is 0.306. The average molecular weight is 185 g/mol. The van der Waals surface area contributed by atoms with Crippen LogP contribution in [0.3, 0.4) is 0 Å². The Bertz CT molecular complexity index is 174. The fourth-order valence-corrected chi connectivity index (χ4v) is 1.68. The van der Waals surface area contributed by atoms with Gasteiger partial charge in [0.25, 0.3) is 0 Å². The summed E-state index contributed by atoms with van der Waals surface area (Å²) in [5.41, 5.74) is -0.509. The van der Waals surface area contributed by atoms with Crippen molar-refractivity contribution >= 4 is 12.6 Å². The topological polar surface area (TPSA) is 37.4 Å². The van der Waals surface area contributed by atoms with Crippen molar-refractivity contribution in [3.63, 3.8) is 0 Å². The molecule has 0 N–H and O–H groups in total. The van der Waals surface area contributed by atoms with Crippen LogP contribution in [-0.4, -0.2) is 37.6 Å². The molecule has 0 spiro atoms. The van der Waals surface area contributed by atoms with E-state index in [-0.39, 0.29) is 6.04 Å². The van der Waals surface area contributed by atoms with Crippen molar-refractivity contribution < 1.29 is 9.59 Å². The molecule has 0 saturated heterocycles. The Labute approximate surface area is 80.1 Å². The van der Waals surface area contributed by atoms with E-state index in [4.69, 9.17) is 0 Å². The zero-order chi connectivity index (χ0) is 10.5. The van der Waals surface area contributed by atoms with Gasteiger partial charge in [0.2, 0.25) is 0 Å². The minimum atomic E-state index is -0.509. The van der Waals surface area contributed by atoms with Gasteiger partial charge in [0.15, 0.2) is 0 Å². The lowest BCUT2D eigenvalue weighted by atomic mass is 9.77. The molecule has 0 aromatic carbocycles. The van der Waals surface area contributed by atoms with Crippen LogP contribution in [0.15, 0.2) is 0 Å². The van der Waals surface area contributed by atoms with Crippen molar-refractivity contribution in [3.05, 3.63) is 0 Å². The predicted octanol–water partition coefficient (Wildman–Crippen LogP) is 1.12. The van der Waals surface area contributed by atoms with Crippen molar-refractivity contribution in [2.24, 2.45) is 5.41 Å². The monoisotopic (exact) mass is 185 g/mol. The molecule has 0 aliphatic rings. The lowest BCUT2D eigenvalue weighted by molar-refractivity contribution is -0.127. The third kappa shape index (κ3) is 2.37. The molecule has 0 bridgehead atoms. The molecule has 1 atom stereocenters. The molecule has 76 valence electrons. The Morgan fingerprint density at radius 3 is 1.77 bits per heavy atom. The van der Waals surface area contributed by atoms with Crippen LogP contribution < -0.4 is 0 Å². The number of aldehydes is 2. The van der Waals surface area contributed by atoms with Gasteiger partial charge in [-0.3, -0.25) is 4.90 Å². The standard InChI is InChI=1S/C10H19NO2/c1-5-10(6-2,8-13)9(7-12)11(3)4/h7-9H,5-6H2,1-4H3. The summed E-state index contributed by atoms with van der Waals surface area (Å²) >= 11 is 0. The zero-order valence-corrected chi connectivity index (χ0v) is 8.91. The van der Waals surface area contributed by atoms with Gasteiger partial charge in [0.1, 0.15) is 12.6 Å². The van der Waals surface area contributed by atoms with Crippen molar-refractivity contribution in [1.82, 2.24) is 4.90 Å². The number of rotatable bonds is 6. The third-order valence-corrected chi connectivity index (χ3v) is 2.83. The molecule has 0 heterocycles. The molecule has 0 aromatic rings. The fourth-order valence-electron chi connectivity index (χ4n) is 1.68. The molecule has 0 fully saturated rings. The summed E-state index contributed by atoms with van der Waals surface area (Å²) in [5, 5.41) is 0. The normalized spacial score (nSPS) is 14.2. The smallest absolute Gasteiger partial charge is 0.138 e. The number of likely N-dealkylation sites (N-methyl/N-ethyl adjacent to an activating group) is 1. The molecule has 0 saturated carbocycles. The van der Waals surface area contributed by atoms with Crippen LogP contribution in [0.2, 0.25) is 0 Å². The molecular weight excluding hydrogens is 166 g/mol. The largest absolute Gasteiger partial charge is 0.303 e. The second kappa shape index (κ2) is 5.12. The highest BCUT2D eigenvalue weighted by Crippen LogP contribution is 2.29. The van der Waals surface area contributed by atoms with E-state index in [2.05, 4.69) is 0 Å². The molecular formula is C10H19NO2. The van der Waals surface area contributed by atoms with Gasteiger partial charge in [-0.2, -0.15) is 0 Å². The average Bonchev–Trinajstić information content (AvgIpc) is 2.13. The summed E-state index contributed by atoms with van der Waals surface area (Å²) in [5.74, 6) is 0. The molecule has 0 radical (unpaired) electrons. The van der Waals surface area contributed by atoms with Gasteiger partial charge < -0.3 is 9.59 Å². The van der Waals surface area contributed by atoms with Crippen LogP contribution >= 0.6 is 0 Å². The Hall–Kier alpha value is -0.700. The van der Waals surface area contributed by atoms with E-state index >= 15 is 0 Å². The van der Waals surface area contributed by atoms with E-state index in [1.165, 1.54) is 0 Å².